The van der Waals surface area contributed by atoms with E-state index in [2.05, 4.69) is 4.98 Å². The number of ether oxygens (including phenoxy) is 2. The fourth-order valence-electron chi connectivity index (χ4n) is 6.68. The molecule has 0 bridgehead atoms. The number of fused-ring (bicyclic) bond motifs is 1. The van der Waals surface area contributed by atoms with Crippen molar-refractivity contribution in [1.29, 1.82) is 0 Å². The molecule has 51 heavy (non-hydrogen) atoms. The van der Waals surface area contributed by atoms with Gasteiger partial charge in [-0.15, -0.1) is 0 Å². The van der Waals surface area contributed by atoms with E-state index in [9.17, 15) is 41.0 Å². The lowest BCUT2D eigenvalue weighted by Crippen LogP contribution is -2.57. The molecular formula is C34H38F6N6O5. The van der Waals surface area contributed by atoms with Crippen LogP contribution in [0.25, 0.3) is 0 Å². The Morgan fingerprint density at radius 2 is 1.61 bits per heavy atom. The third-order valence-corrected chi connectivity index (χ3v) is 9.14. The number of halogens is 6. The van der Waals surface area contributed by atoms with Crippen LogP contribution in [0.3, 0.4) is 0 Å². The molecule has 0 spiro atoms. The summed E-state index contributed by atoms with van der Waals surface area (Å²) in [7, 11) is 1.46. The van der Waals surface area contributed by atoms with Crippen molar-refractivity contribution in [1.82, 2.24) is 14.9 Å². The zero-order valence-electron chi connectivity index (χ0n) is 28.1. The molecule has 3 N–H and O–H groups in total. The lowest BCUT2D eigenvalue weighted by molar-refractivity contribution is -0.143. The van der Waals surface area contributed by atoms with Crippen LogP contribution in [0.4, 0.5) is 42.5 Å². The monoisotopic (exact) mass is 724 g/mol. The number of nitrogens with two attached hydrogens (primary N) is 1. The maximum Gasteiger partial charge on any atom is 0.416 e. The van der Waals surface area contributed by atoms with E-state index in [4.69, 9.17) is 20.2 Å². The van der Waals surface area contributed by atoms with Gasteiger partial charge < -0.3 is 30.1 Å². The van der Waals surface area contributed by atoms with Gasteiger partial charge in [-0.1, -0.05) is 6.92 Å². The Bertz CT molecular complexity index is 1720. The number of methoxy groups -OCH3 is 1. The van der Waals surface area contributed by atoms with E-state index >= 15 is 0 Å². The molecule has 276 valence electrons. The standard InChI is InChI=1S/C34H38F6N6O5/c1-4-25-30(41)29(23-16-22(50-3)6-7-26(23)46(25)32(49)51-5-2)31-42-17-27(44-8-10-45(11-9-44)28(48)18-47)24(43-31)14-19-12-20(33(35,36)37)15-21(13-19)34(38,39)40/h6-7,12-13,15-17,25,29-30,47H,4-5,8-11,14,18,41H2,1-3H3. The number of benzene rings is 2. The van der Waals surface area contributed by atoms with E-state index < -0.39 is 66.5 Å². The molecule has 17 heteroatoms. The van der Waals surface area contributed by atoms with Crippen LogP contribution in [0.2, 0.25) is 0 Å². The number of hydrogen-bond donors (Lipinski definition) is 2. The van der Waals surface area contributed by atoms with E-state index in [-0.39, 0.29) is 55.9 Å². The van der Waals surface area contributed by atoms with Crippen molar-refractivity contribution in [2.45, 2.75) is 57.0 Å². The molecule has 0 saturated carbocycles. The molecule has 1 saturated heterocycles. The minimum absolute atomic E-state index is 0.0682. The van der Waals surface area contributed by atoms with Crippen molar-refractivity contribution in [3.05, 3.63) is 76.4 Å². The Kier molecular flexibility index (Phi) is 11.0. The van der Waals surface area contributed by atoms with Crippen LogP contribution in [-0.4, -0.2) is 90.6 Å². The lowest BCUT2D eigenvalue weighted by Gasteiger charge is -2.44. The van der Waals surface area contributed by atoms with Crippen molar-refractivity contribution in [3.8, 4) is 5.75 Å². The molecule has 5 rings (SSSR count). The Labute approximate surface area is 289 Å². The summed E-state index contributed by atoms with van der Waals surface area (Å²) in [6.45, 7) is 3.79. The second-order valence-corrected chi connectivity index (χ2v) is 12.2. The number of carbonyl (C=O) groups excluding carboxylic acids is 2. The average molecular weight is 725 g/mol. The van der Waals surface area contributed by atoms with Crippen LogP contribution in [0.5, 0.6) is 5.75 Å². The Morgan fingerprint density at radius 3 is 2.16 bits per heavy atom. The number of aliphatic hydroxyl groups excluding tert-OH is 1. The number of hydrogen-bond acceptors (Lipinski definition) is 9. The first-order valence-electron chi connectivity index (χ1n) is 16.3. The van der Waals surface area contributed by atoms with Crippen molar-refractivity contribution < 1.29 is 50.5 Å². The summed E-state index contributed by atoms with van der Waals surface area (Å²) in [6, 6.07) is 4.98. The molecule has 3 aromatic rings. The summed E-state index contributed by atoms with van der Waals surface area (Å²) in [6.07, 6.45) is -9.32. The number of anilines is 2. The van der Waals surface area contributed by atoms with Crippen LogP contribution in [0, 0.1) is 0 Å². The van der Waals surface area contributed by atoms with Crippen molar-refractivity contribution in [2.75, 3.05) is 56.3 Å². The van der Waals surface area contributed by atoms with Gasteiger partial charge in [-0.2, -0.15) is 26.3 Å². The average Bonchev–Trinajstić information content (AvgIpc) is 3.09. The molecule has 2 aromatic carbocycles. The van der Waals surface area contributed by atoms with E-state index in [1.165, 1.54) is 23.1 Å². The molecule has 1 fully saturated rings. The Hall–Kier alpha value is -4.64. The molecule has 3 unspecified atom stereocenters. The number of rotatable bonds is 8. The van der Waals surface area contributed by atoms with Gasteiger partial charge >= 0.3 is 18.4 Å². The minimum Gasteiger partial charge on any atom is -0.497 e. The van der Waals surface area contributed by atoms with Gasteiger partial charge in [0.1, 0.15) is 18.2 Å². The Balaban J connectivity index is 1.66. The predicted molar refractivity (Wildman–Crippen MR) is 174 cm³/mol. The van der Waals surface area contributed by atoms with Crippen molar-refractivity contribution >= 4 is 23.4 Å². The molecule has 2 aliphatic heterocycles. The molecule has 0 aliphatic carbocycles. The summed E-state index contributed by atoms with van der Waals surface area (Å²) >= 11 is 0. The van der Waals surface area contributed by atoms with Gasteiger partial charge in [-0.3, -0.25) is 9.69 Å². The quantitative estimate of drug-likeness (QED) is 0.309. The van der Waals surface area contributed by atoms with Gasteiger partial charge in [0, 0.05) is 38.6 Å². The zero-order valence-corrected chi connectivity index (χ0v) is 28.1. The van der Waals surface area contributed by atoms with Gasteiger partial charge in [-0.25, -0.2) is 14.8 Å². The summed E-state index contributed by atoms with van der Waals surface area (Å²) < 4.78 is 93.7. The fourth-order valence-corrected chi connectivity index (χ4v) is 6.68. The second-order valence-electron chi connectivity index (χ2n) is 12.2. The largest absolute Gasteiger partial charge is 0.497 e. The second kappa shape index (κ2) is 14.9. The molecule has 3 heterocycles. The third-order valence-electron chi connectivity index (χ3n) is 9.14. The van der Waals surface area contributed by atoms with Gasteiger partial charge in [0.25, 0.3) is 0 Å². The third kappa shape index (κ3) is 7.83. The van der Waals surface area contributed by atoms with Crippen LogP contribution >= 0.6 is 0 Å². The van der Waals surface area contributed by atoms with Crippen LogP contribution in [0.1, 0.15) is 60.0 Å². The van der Waals surface area contributed by atoms with E-state index in [0.29, 0.717) is 41.2 Å². The minimum atomic E-state index is -5.05. The number of alkyl halides is 6. The lowest BCUT2D eigenvalue weighted by atomic mass is 9.80. The van der Waals surface area contributed by atoms with Gasteiger partial charge in [0.2, 0.25) is 5.91 Å². The first-order chi connectivity index (χ1) is 24.1. The summed E-state index contributed by atoms with van der Waals surface area (Å²) in [4.78, 5) is 39.5. The van der Waals surface area contributed by atoms with E-state index in [1.54, 1.807) is 30.0 Å². The van der Waals surface area contributed by atoms with Crippen LogP contribution in [0.15, 0.2) is 42.6 Å². The maximum absolute atomic E-state index is 13.8. The number of piperazine rings is 1. The number of aromatic nitrogens is 2. The molecule has 2 amide bonds. The van der Waals surface area contributed by atoms with Gasteiger partial charge in [0.05, 0.1) is 60.1 Å². The number of amides is 2. The molecule has 0 radical (unpaired) electrons. The normalized spacial score (nSPS) is 19.5. The SMILES string of the molecule is CCOC(=O)N1c2ccc(OC)cc2C(c2ncc(N3CCN(C(=O)CO)CC3)c(Cc3cc(C(F)(F)F)cc(C(F)(F)F)c3)n2)C(N)C1CC. The van der Waals surface area contributed by atoms with Gasteiger partial charge in [0.15, 0.2) is 0 Å². The summed E-state index contributed by atoms with van der Waals surface area (Å²) in [5, 5.41) is 9.29. The maximum atomic E-state index is 13.8. The van der Waals surface area contributed by atoms with Gasteiger partial charge in [-0.05, 0) is 60.9 Å². The number of nitrogens with zero attached hydrogens (tertiary/aromatic N) is 5. The molecule has 11 nitrogen and oxygen atoms in total. The first-order valence-corrected chi connectivity index (χ1v) is 16.3. The fraction of sp³-hybridized carbons (Fsp3) is 0.471. The smallest absolute Gasteiger partial charge is 0.416 e. The van der Waals surface area contributed by atoms with Crippen LogP contribution < -0.4 is 20.3 Å². The molecule has 2 aliphatic rings. The number of carbonyl (C=O) groups is 2. The summed E-state index contributed by atoms with van der Waals surface area (Å²) in [5.41, 5.74) is 5.12. The van der Waals surface area contributed by atoms with Crippen LogP contribution in [-0.2, 0) is 28.3 Å². The van der Waals surface area contributed by atoms with E-state index in [0.717, 1.165) is 0 Å². The highest BCUT2D eigenvalue weighted by atomic mass is 19.4. The number of aliphatic hydroxyl groups is 1. The van der Waals surface area contributed by atoms with Crippen molar-refractivity contribution in [3.63, 3.8) is 0 Å². The topological polar surface area (TPSA) is 134 Å². The molecule has 1 aromatic heterocycles. The summed E-state index contributed by atoms with van der Waals surface area (Å²) in [5.74, 6) is -0.701. The zero-order chi connectivity index (χ0) is 37.2. The highest BCUT2D eigenvalue weighted by Crippen LogP contribution is 2.44. The first kappa shape index (κ1) is 37.6. The predicted octanol–water partition coefficient (Wildman–Crippen LogP) is 4.97. The molecule has 3 atom stereocenters. The highest BCUT2D eigenvalue weighted by Gasteiger charge is 2.44. The highest BCUT2D eigenvalue weighted by molar-refractivity contribution is 5.91. The van der Waals surface area contributed by atoms with Crippen molar-refractivity contribution in [2.24, 2.45) is 5.73 Å². The Morgan fingerprint density at radius 1 is 0.961 bits per heavy atom. The van der Waals surface area contributed by atoms with E-state index in [1.807, 2.05) is 6.92 Å². The molecular weight excluding hydrogens is 686 g/mol.